The van der Waals surface area contributed by atoms with Crippen molar-refractivity contribution >= 4 is 44.9 Å². The molecule has 5 N–H and O–H groups in total. The third-order valence-electron chi connectivity index (χ3n) is 7.26. The first-order valence-corrected chi connectivity index (χ1v) is 14.3. The van der Waals surface area contributed by atoms with E-state index in [-0.39, 0.29) is 6.61 Å². The summed E-state index contributed by atoms with van der Waals surface area (Å²) in [5, 5.41) is 38.7. The van der Waals surface area contributed by atoms with Crippen LogP contribution in [0.1, 0.15) is 29.1 Å². The van der Waals surface area contributed by atoms with Crippen molar-refractivity contribution in [3.8, 4) is 16.3 Å². The number of anilines is 2. The number of aliphatic hydroxyl groups excluding tert-OH is 3. The average molecular weight is 585 g/mol. The van der Waals surface area contributed by atoms with Gasteiger partial charge in [0.05, 0.1) is 45.9 Å². The van der Waals surface area contributed by atoms with Crippen LogP contribution in [0.5, 0.6) is 5.75 Å². The molecular formula is C28H33ClN6O4S. The van der Waals surface area contributed by atoms with Gasteiger partial charge in [-0.15, -0.1) is 11.3 Å². The third kappa shape index (κ3) is 5.70. The number of hydrogen-bond acceptors (Lipinski definition) is 11. The molecule has 0 radical (unpaired) electrons. The molecule has 1 fully saturated rings. The minimum Gasteiger partial charge on any atom is -0.495 e. The second-order valence-corrected chi connectivity index (χ2v) is 11.6. The zero-order chi connectivity index (χ0) is 28.6. The second kappa shape index (κ2) is 11.8. The van der Waals surface area contributed by atoms with E-state index in [4.69, 9.17) is 31.3 Å². The normalized spacial score (nSPS) is 20.7. The molecule has 4 aromatic rings. The van der Waals surface area contributed by atoms with Gasteiger partial charge in [0.25, 0.3) is 0 Å². The molecule has 0 amide bonds. The van der Waals surface area contributed by atoms with Crippen LogP contribution in [-0.2, 0) is 6.42 Å². The lowest BCUT2D eigenvalue weighted by atomic mass is 10.1. The number of nitrogens with one attached hydrogen (secondary N) is 2. The van der Waals surface area contributed by atoms with Gasteiger partial charge in [-0.25, -0.2) is 9.97 Å². The molecule has 4 unspecified atom stereocenters. The molecule has 1 aromatic carbocycles. The predicted molar refractivity (Wildman–Crippen MR) is 157 cm³/mol. The number of halogens is 1. The fraction of sp³-hybridized carbons (Fsp3) is 0.429. The van der Waals surface area contributed by atoms with E-state index >= 15 is 0 Å². The lowest BCUT2D eigenvalue weighted by Crippen LogP contribution is -2.35. The molecule has 212 valence electrons. The van der Waals surface area contributed by atoms with Crippen LogP contribution >= 0.6 is 22.9 Å². The van der Waals surface area contributed by atoms with E-state index in [0.29, 0.717) is 47.6 Å². The minimum atomic E-state index is -1.05. The van der Waals surface area contributed by atoms with Crippen LogP contribution in [0.3, 0.4) is 0 Å². The smallest absolute Gasteiger partial charge is 0.224 e. The molecule has 5 rings (SSSR count). The second-order valence-electron chi connectivity index (χ2n) is 10.1. The summed E-state index contributed by atoms with van der Waals surface area (Å²) in [6.07, 6.45) is -1.00. The molecule has 0 bridgehead atoms. The molecule has 3 aromatic heterocycles. The van der Waals surface area contributed by atoms with Crippen LogP contribution in [0, 0.1) is 26.7 Å². The molecule has 3 heterocycles. The zero-order valence-corrected chi connectivity index (χ0v) is 24.3. The number of ether oxygens (including phenoxy) is 1. The van der Waals surface area contributed by atoms with Gasteiger partial charge < -0.3 is 30.7 Å². The summed E-state index contributed by atoms with van der Waals surface area (Å²) in [5.74, 6) is 1.12. The number of benzene rings is 1. The summed E-state index contributed by atoms with van der Waals surface area (Å²) < 4.78 is 6.25. The Kier molecular flexibility index (Phi) is 8.39. The Morgan fingerprint density at radius 1 is 1.05 bits per heavy atom. The Balaban J connectivity index is 1.46. The van der Waals surface area contributed by atoms with Crippen molar-refractivity contribution in [3.05, 3.63) is 51.9 Å². The highest BCUT2D eigenvalue weighted by Gasteiger charge is 2.41. The van der Waals surface area contributed by atoms with E-state index in [0.717, 1.165) is 37.7 Å². The lowest BCUT2D eigenvalue weighted by molar-refractivity contribution is 0.00446. The van der Waals surface area contributed by atoms with Gasteiger partial charge in [0.1, 0.15) is 28.2 Å². The van der Waals surface area contributed by atoms with Crippen LogP contribution in [0.2, 0.25) is 5.02 Å². The topological polar surface area (TPSA) is 146 Å². The van der Waals surface area contributed by atoms with Crippen LogP contribution in [-0.4, -0.2) is 73.8 Å². The Bertz CT molecular complexity index is 1530. The van der Waals surface area contributed by atoms with Gasteiger partial charge in [-0.05, 0) is 57.4 Å². The summed E-state index contributed by atoms with van der Waals surface area (Å²) in [6.45, 7) is 6.14. The highest BCUT2D eigenvalue weighted by atomic mass is 35.5. The van der Waals surface area contributed by atoms with Crippen LogP contribution in [0.25, 0.3) is 20.8 Å². The number of aliphatic hydroxyl groups is 3. The number of thiazole rings is 1. The zero-order valence-electron chi connectivity index (χ0n) is 22.8. The molecular weight excluding hydrogens is 552 g/mol. The van der Waals surface area contributed by atoms with Gasteiger partial charge in [0, 0.05) is 24.8 Å². The summed E-state index contributed by atoms with van der Waals surface area (Å²) in [4.78, 5) is 18.9. The van der Waals surface area contributed by atoms with Gasteiger partial charge >= 0.3 is 0 Å². The van der Waals surface area contributed by atoms with E-state index in [1.807, 2.05) is 45.0 Å². The van der Waals surface area contributed by atoms with Crippen molar-refractivity contribution in [2.24, 2.45) is 5.92 Å². The van der Waals surface area contributed by atoms with Gasteiger partial charge in [-0.3, -0.25) is 4.98 Å². The number of aryl methyl sites for hydroxylation is 3. The monoisotopic (exact) mass is 584 g/mol. The summed E-state index contributed by atoms with van der Waals surface area (Å²) in [6, 6.07) is 7.18. The fourth-order valence-corrected chi connectivity index (χ4v) is 6.65. The number of nitrogens with zero attached hydrogens (tertiary/aromatic N) is 4. The maximum absolute atomic E-state index is 10.7. The third-order valence-corrected chi connectivity index (χ3v) is 8.57. The lowest BCUT2D eigenvalue weighted by Gasteiger charge is -2.21. The Hall–Kier alpha value is -3.09. The van der Waals surface area contributed by atoms with E-state index in [2.05, 4.69) is 15.6 Å². The first kappa shape index (κ1) is 28.4. The van der Waals surface area contributed by atoms with Crippen LogP contribution in [0.15, 0.2) is 24.3 Å². The molecule has 4 atom stereocenters. The van der Waals surface area contributed by atoms with Crippen molar-refractivity contribution in [2.75, 3.05) is 30.9 Å². The molecule has 40 heavy (non-hydrogen) atoms. The summed E-state index contributed by atoms with van der Waals surface area (Å²) in [5.41, 5.74) is 5.07. The number of rotatable bonds is 9. The van der Waals surface area contributed by atoms with Gasteiger partial charge in [-0.1, -0.05) is 17.7 Å². The Morgan fingerprint density at radius 3 is 2.55 bits per heavy atom. The first-order chi connectivity index (χ1) is 19.2. The summed E-state index contributed by atoms with van der Waals surface area (Å²) >= 11 is 7.80. The highest BCUT2D eigenvalue weighted by Crippen LogP contribution is 2.38. The molecule has 1 saturated carbocycles. The Labute approximate surface area is 241 Å². The number of hydrogen-bond donors (Lipinski definition) is 5. The molecule has 1 aliphatic rings. The van der Waals surface area contributed by atoms with E-state index in [1.165, 1.54) is 11.3 Å². The predicted octanol–water partition coefficient (Wildman–Crippen LogP) is 3.90. The number of pyridine rings is 1. The molecule has 1 aliphatic carbocycles. The SMILES string of the molecule is COc1ccc(CCNc2nc(C)c(-c3nc4c(C)nc(C)cc4s3)c(NC3CC(CO)C(O)C3O)n2)cc1Cl. The fourth-order valence-electron chi connectivity index (χ4n) is 5.16. The van der Waals surface area contributed by atoms with E-state index in [9.17, 15) is 15.3 Å². The van der Waals surface area contributed by atoms with Gasteiger partial charge in [-0.2, -0.15) is 4.98 Å². The molecule has 12 heteroatoms. The molecule has 0 saturated heterocycles. The Morgan fingerprint density at radius 2 is 1.85 bits per heavy atom. The first-order valence-electron chi connectivity index (χ1n) is 13.1. The standard InChI is InChI=1S/C28H33ClN6O4S/c1-13-9-21-23(15(3)31-13)34-27(40-21)22-14(2)32-28(30-8-7-16-5-6-20(39-4)18(29)10-16)35-26(22)33-19-11-17(12-36)24(37)25(19)38/h5-6,9-10,17,19,24-25,36-38H,7-8,11-12H2,1-4H3,(H2,30,32,33,35). The van der Waals surface area contributed by atoms with Crippen LogP contribution in [0.4, 0.5) is 11.8 Å². The van der Waals surface area contributed by atoms with Gasteiger partial charge in [0.2, 0.25) is 5.95 Å². The van der Waals surface area contributed by atoms with Gasteiger partial charge in [0.15, 0.2) is 0 Å². The quantitative estimate of drug-likeness (QED) is 0.196. The number of fused-ring (bicyclic) bond motifs is 1. The molecule has 0 aliphatic heterocycles. The highest BCUT2D eigenvalue weighted by molar-refractivity contribution is 7.21. The van der Waals surface area contributed by atoms with Crippen molar-refractivity contribution in [1.82, 2.24) is 19.9 Å². The van der Waals surface area contributed by atoms with Crippen molar-refractivity contribution < 1.29 is 20.1 Å². The average Bonchev–Trinajstić information content (AvgIpc) is 3.45. The summed E-state index contributed by atoms with van der Waals surface area (Å²) in [7, 11) is 1.58. The number of methoxy groups -OCH3 is 1. The number of aromatic nitrogens is 4. The maximum atomic E-state index is 10.7. The van der Waals surface area contributed by atoms with Crippen molar-refractivity contribution in [1.29, 1.82) is 0 Å². The van der Waals surface area contributed by atoms with Crippen molar-refractivity contribution in [2.45, 2.75) is 51.9 Å². The molecule has 10 nitrogen and oxygen atoms in total. The van der Waals surface area contributed by atoms with E-state index in [1.54, 1.807) is 7.11 Å². The maximum Gasteiger partial charge on any atom is 0.224 e. The van der Waals surface area contributed by atoms with E-state index < -0.39 is 24.2 Å². The minimum absolute atomic E-state index is 0.211. The largest absolute Gasteiger partial charge is 0.495 e. The van der Waals surface area contributed by atoms with Crippen LogP contribution < -0.4 is 15.4 Å². The van der Waals surface area contributed by atoms with Crippen molar-refractivity contribution in [3.63, 3.8) is 0 Å². The molecule has 0 spiro atoms.